The summed E-state index contributed by atoms with van der Waals surface area (Å²) in [7, 11) is 0. The molecule has 0 N–H and O–H groups in total. The van der Waals surface area contributed by atoms with Crippen LogP contribution in [0.3, 0.4) is 0 Å². The monoisotopic (exact) mass is 326 g/mol. The van der Waals surface area contributed by atoms with Crippen LogP contribution in [0.15, 0.2) is 17.1 Å². The fourth-order valence-electron chi connectivity index (χ4n) is 2.68. The lowest BCUT2D eigenvalue weighted by atomic mass is 10.1. The fraction of sp³-hybridized carbons (Fsp3) is 0.842. The number of thiazole rings is 1. The van der Waals surface area contributed by atoms with Gasteiger partial charge in [0.1, 0.15) is 6.54 Å². The zero-order chi connectivity index (χ0) is 15.7. The van der Waals surface area contributed by atoms with Crippen LogP contribution in [-0.4, -0.2) is 13.2 Å². The summed E-state index contributed by atoms with van der Waals surface area (Å²) in [4.78, 5) is 0. The second kappa shape index (κ2) is 15.5. The molecular weight excluding hydrogens is 290 g/mol. The molecule has 22 heavy (non-hydrogen) atoms. The number of hydrogen-bond donors (Lipinski definition) is 0. The Morgan fingerprint density at radius 3 is 1.95 bits per heavy atom. The van der Waals surface area contributed by atoms with E-state index in [9.17, 15) is 0 Å². The molecule has 1 aromatic rings. The van der Waals surface area contributed by atoms with E-state index in [1.807, 2.05) is 0 Å². The third-order valence-corrected chi connectivity index (χ3v) is 4.80. The Morgan fingerprint density at radius 2 is 1.36 bits per heavy atom. The van der Waals surface area contributed by atoms with Crippen LogP contribution in [0.1, 0.15) is 84.0 Å². The van der Waals surface area contributed by atoms with Gasteiger partial charge < -0.3 is 4.74 Å². The van der Waals surface area contributed by atoms with Crippen molar-refractivity contribution in [3.8, 4) is 0 Å². The minimum Gasteiger partial charge on any atom is -0.381 e. The minimum atomic E-state index is 0.933. The maximum Gasteiger partial charge on any atom is 0.224 e. The molecule has 0 aliphatic carbocycles. The van der Waals surface area contributed by atoms with Gasteiger partial charge in [0.15, 0.2) is 6.20 Å². The molecule has 0 radical (unpaired) electrons. The van der Waals surface area contributed by atoms with Crippen molar-refractivity contribution in [3.63, 3.8) is 0 Å². The molecule has 0 bridgehead atoms. The van der Waals surface area contributed by atoms with Crippen molar-refractivity contribution >= 4 is 11.3 Å². The van der Waals surface area contributed by atoms with Crippen molar-refractivity contribution in [2.24, 2.45) is 0 Å². The van der Waals surface area contributed by atoms with Crippen LogP contribution < -0.4 is 4.57 Å². The Kier molecular flexibility index (Phi) is 13.8. The highest BCUT2D eigenvalue weighted by Crippen LogP contribution is 2.10. The predicted octanol–water partition coefficient (Wildman–Crippen LogP) is 5.75. The molecule has 128 valence electrons. The van der Waals surface area contributed by atoms with Crippen molar-refractivity contribution in [1.82, 2.24) is 0 Å². The Labute approximate surface area is 141 Å². The zero-order valence-corrected chi connectivity index (χ0v) is 15.4. The third-order valence-electron chi connectivity index (χ3n) is 4.12. The summed E-state index contributed by atoms with van der Waals surface area (Å²) in [5, 5.41) is 2.13. The van der Waals surface area contributed by atoms with Crippen molar-refractivity contribution in [2.75, 3.05) is 13.2 Å². The van der Waals surface area contributed by atoms with Gasteiger partial charge in [-0.3, -0.25) is 0 Å². The van der Waals surface area contributed by atoms with Gasteiger partial charge in [0.05, 0.1) is 5.38 Å². The molecule has 0 fully saturated rings. The van der Waals surface area contributed by atoms with E-state index in [1.165, 1.54) is 77.0 Å². The van der Waals surface area contributed by atoms with Crippen molar-refractivity contribution in [2.45, 2.75) is 90.5 Å². The SMILES string of the molecule is CCCCCCCCCCCCOCCCC[n+]1ccsc1. The number of nitrogens with zero attached hydrogens (tertiary/aromatic N) is 1. The van der Waals surface area contributed by atoms with Crippen LogP contribution in [-0.2, 0) is 11.3 Å². The molecule has 0 unspecified atom stereocenters. The molecule has 0 aliphatic heterocycles. The number of rotatable bonds is 16. The van der Waals surface area contributed by atoms with E-state index in [-0.39, 0.29) is 0 Å². The van der Waals surface area contributed by atoms with Crippen molar-refractivity contribution in [3.05, 3.63) is 17.1 Å². The number of hydrogen-bond acceptors (Lipinski definition) is 2. The molecular formula is C19H36NOS+. The van der Waals surface area contributed by atoms with Gasteiger partial charge in [-0.25, -0.2) is 0 Å². The molecule has 0 saturated heterocycles. The fourth-order valence-corrected chi connectivity index (χ4v) is 3.31. The van der Waals surface area contributed by atoms with Gasteiger partial charge in [-0.15, -0.1) is 0 Å². The molecule has 0 saturated carbocycles. The molecule has 2 nitrogen and oxygen atoms in total. The second-order valence-electron chi connectivity index (χ2n) is 6.27. The van der Waals surface area contributed by atoms with Crippen molar-refractivity contribution < 1.29 is 9.30 Å². The van der Waals surface area contributed by atoms with Gasteiger partial charge in [-0.2, -0.15) is 4.57 Å². The topological polar surface area (TPSA) is 13.1 Å². The molecule has 0 spiro atoms. The molecule has 0 atom stereocenters. The first-order valence-electron chi connectivity index (χ1n) is 9.42. The Balaban J connectivity index is 1.68. The summed E-state index contributed by atoms with van der Waals surface area (Å²) in [6.45, 7) is 5.31. The quantitative estimate of drug-likeness (QED) is 0.278. The highest BCUT2D eigenvalue weighted by Gasteiger charge is 1.99. The summed E-state index contributed by atoms with van der Waals surface area (Å²) in [5.41, 5.74) is 2.17. The van der Waals surface area contributed by atoms with E-state index >= 15 is 0 Å². The second-order valence-corrected chi connectivity index (χ2v) is 7.02. The molecule has 0 amide bonds. The summed E-state index contributed by atoms with van der Waals surface area (Å²) in [6, 6.07) is 0. The van der Waals surface area contributed by atoms with Gasteiger partial charge >= 0.3 is 0 Å². The first-order valence-corrected chi connectivity index (χ1v) is 10.4. The highest BCUT2D eigenvalue weighted by molar-refractivity contribution is 7.07. The van der Waals surface area contributed by atoms with Crippen LogP contribution in [0.2, 0.25) is 0 Å². The van der Waals surface area contributed by atoms with Gasteiger partial charge in [0.25, 0.3) is 0 Å². The van der Waals surface area contributed by atoms with E-state index in [4.69, 9.17) is 4.74 Å². The largest absolute Gasteiger partial charge is 0.381 e. The van der Waals surface area contributed by atoms with Crippen LogP contribution in [0.25, 0.3) is 0 Å². The number of ether oxygens (including phenoxy) is 1. The molecule has 1 rings (SSSR count). The predicted molar refractivity (Wildman–Crippen MR) is 96.4 cm³/mol. The first-order chi connectivity index (χ1) is 10.9. The summed E-state index contributed by atoms with van der Waals surface area (Å²) in [5.74, 6) is 0. The van der Waals surface area contributed by atoms with E-state index in [1.54, 1.807) is 11.3 Å². The van der Waals surface area contributed by atoms with Gasteiger partial charge in [-0.05, 0) is 12.8 Å². The average molecular weight is 327 g/mol. The average Bonchev–Trinajstić information content (AvgIpc) is 3.04. The van der Waals surface area contributed by atoms with Crippen LogP contribution in [0.4, 0.5) is 0 Å². The Hall–Kier alpha value is -0.410. The normalized spacial score (nSPS) is 11.1. The third kappa shape index (κ3) is 12.2. The number of aryl methyl sites for hydroxylation is 1. The van der Waals surface area contributed by atoms with E-state index in [0.29, 0.717) is 0 Å². The number of unbranched alkanes of at least 4 members (excludes halogenated alkanes) is 10. The molecule has 0 aliphatic rings. The maximum atomic E-state index is 5.72. The molecule has 0 aromatic carbocycles. The van der Waals surface area contributed by atoms with Gasteiger partial charge in [0.2, 0.25) is 5.51 Å². The van der Waals surface area contributed by atoms with E-state index in [0.717, 1.165) is 19.8 Å². The lowest BCUT2D eigenvalue weighted by Gasteiger charge is -2.04. The van der Waals surface area contributed by atoms with Crippen LogP contribution >= 0.6 is 11.3 Å². The minimum absolute atomic E-state index is 0.933. The lowest BCUT2D eigenvalue weighted by molar-refractivity contribution is -0.692. The molecule has 1 aromatic heterocycles. The van der Waals surface area contributed by atoms with E-state index < -0.39 is 0 Å². The molecule has 1 heterocycles. The lowest BCUT2D eigenvalue weighted by Crippen LogP contribution is -2.29. The smallest absolute Gasteiger partial charge is 0.224 e. The number of aromatic nitrogens is 1. The van der Waals surface area contributed by atoms with Gasteiger partial charge in [0, 0.05) is 19.6 Å². The Morgan fingerprint density at radius 1 is 0.773 bits per heavy atom. The highest BCUT2D eigenvalue weighted by atomic mass is 32.1. The summed E-state index contributed by atoms with van der Waals surface area (Å²) >= 11 is 1.76. The van der Waals surface area contributed by atoms with E-state index in [2.05, 4.69) is 28.6 Å². The zero-order valence-electron chi connectivity index (χ0n) is 14.6. The van der Waals surface area contributed by atoms with Crippen LogP contribution in [0, 0.1) is 0 Å². The first kappa shape index (κ1) is 19.6. The van der Waals surface area contributed by atoms with Crippen LogP contribution in [0.5, 0.6) is 0 Å². The van der Waals surface area contributed by atoms with Crippen molar-refractivity contribution in [1.29, 1.82) is 0 Å². The summed E-state index contributed by atoms with van der Waals surface area (Å²) < 4.78 is 7.98. The molecule has 3 heteroatoms. The van der Waals surface area contributed by atoms with Gasteiger partial charge in [-0.1, -0.05) is 76.0 Å². The maximum absolute atomic E-state index is 5.72. The summed E-state index contributed by atoms with van der Waals surface area (Å²) in [6.07, 6.45) is 18.5. The standard InChI is InChI=1S/C19H36NOS/c1-2-3-4-5-6-7-8-9-10-12-16-21-17-13-11-14-20-15-18-22-19-20/h15,18-19H,2-14,16-17H2,1H3/q+1. The Bertz CT molecular complexity index is 313.